The summed E-state index contributed by atoms with van der Waals surface area (Å²) in [5, 5.41) is 4.32. The SMILES string of the molecule is COc1ccc(N2CCN(C(=O)CNc3cccc4cccnc34)CC2)cc1. The van der Waals surface area contributed by atoms with E-state index in [0.29, 0.717) is 0 Å². The molecular weight excluding hydrogens is 352 g/mol. The molecule has 1 fully saturated rings. The topological polar surface area (TPSA) is 57.7 Å². The summed E-state index contributed by atoms with van der Waals surface area (Å²) < 4.78 is 5.21. The Balaban J connectivity index is 1.32. The minimum absolute atomic E-state index is 0.113. The van der Waals surface area contributed by atoms with E-state index in [2.05, 4.69) is 27.3 Å². The second-order valence-electron chi connectivity index (χ2n) is 6.80. The Kier molecular flexibility index (Phi) is 5.28. The molecule has 6 heteroatoms. The van der Waals surface area contributed by atoms with E-state index in [-0.39, 0.29) is 12.5 Å². The second-order valence-corrected chi connectivity index (χ2v) is 6.80. The lowest BCUT2D eigenvalue weighted by atomic mass is 10.2. The van der Waals surface area contributed by atoms with E-state index in [1.807, 2.05) is 47.4 Å². The van der Waals surface area contributed by atoms with Crippen LogP contribution in [0, 0.1) is 0 Å². The molecular formula is C22H24N4O2. The number of nitrogens with zero attached hydrogens (tertiary/aromatic N) is 3. The van der Waals surface area contributed by atoms with Crippen LogP contribution >= 0.6 is 0 Å². The summed E-state index contributed by atoms with van der Waals surface area (Å²) in [5.41, 5.74) is 2.94. The highest BCUT2D eigenvalue weighted by Gasteiger charge is 2.21. The maximum absolute atomic E-state index is 12.6. The van der Waals surface area contributed by atoms with Gasteiger partial charge in [0.1, 0.15) is 5.75 Å². The first-order chi connectivity index (χ1) is 13.7. The van der Waals surface area contributed by atoms with Gasteiger partial charge in [-0.05, 0) is 36.4 Å². The van der Waals surface area contributed by atoms with Crippen molar-refractivity contribution in [2.24, 2.45) is 0 Å². The lowest BCUT2D eigenvalue weighted by molar-refractivity contribution is -0.129. The zero-order chi connectivity index (χ0) is 19.3. The van der Waals surface area contributed by atoms with Gasteiger partial charge in [-0.25, -0.2) is 0 Å². The van der Waals surface area contributed by atoms with Crippen LogP contribution in [0.4, 0.5) is 11.4 Å². The summed E-state index contributed by atoms with van der Waals surface area (Å²) in [5.74, 6) is 0.967. The molecule has 0 radical (unpaired) electrons. The average Bonchev–Trinajstić information content (AvgIpc) is 2.77. The Morgan fingerprint density at radius 1 is 1.04 bits per heavy atom. The van der Waals surface area contributed by atoms with Crippen LogP contribution < -0.4 is 15.0 Å². The molecule has 0 unspecified atom stereocenters. The predicted molar refractivity (Wildman–Crippen MR) is 112 cm³/mol. The second kappa shape index (κ2) is 8.17. The molecule has 1 aliphatic heterocycles. The van der Waals surface area contributed by atoms with Crippen molar-refractivity contribution in [2.45, 2.75) is 0 Å². The van der Waals surface area contributed by atoms with Crippen LogP contribution in [0.2, 0.25) is 0 Å². The summed E-state index contributed by atoms with van der Waals surface area (Å²) in [6.45, 7) is 3.38. The first-order valence-corrected chi connectivity index (χ1v) is 9.49. The molecule has 0 saturated carbocycles. The number of methoxy groups -OCH3 is 1. The van der Waals surface area contributed by atoms with Gasteiger partial charge >= 0.3 is 0 Å². The normalized spacial score (nSPS) is 14.2. The molecule has 2 heterocycles. The molecule has 1 aliphatic rings. The molecule has 6 nitrogen and oxygen atoms in total. The molecule has 0 bridgehead atoms. The van der Waals surface area contributed by atoms with Gasteiger partial charge in [0.15, 0.2) is 0 Å². The number of para-hydroxylation sites is 1. The lowest BCUT2D eigenvalue weighted by Gasteiger charge is -2.36. The Bertz CT molecular complexity index is 945. The number of rotatable bonds is 5. The van der Waals surface area contributed by atoms with E-state index in [4.69, 9.17) is 4.74 Å². The molecule has 0 atom stereocenters. The first kappa shape index (κ1) is 18.1. The highest BCUT2D eigenvalue weighted by molar-refractivity contribution is 5.92. The number of carbonyl (C=O) groups excluding carboxylic acids is 1. The number of pyridine rings is 1. The van der Waals surface area contributed by atoms with Crippen LogP contribution in [0.15, 0.2) is 60.8 Å². The molecule has 1 aromatic heterocycles. The number of anilines is 2. The van der Waals surface area contributed by atoms with Gasteiger partial charge in [-0.3, -0.25) is 9.78 Å². The van der Waals surface area contributed by atoms with E-state index in [0.717, 1.165) is 54.2 Å². The van der Waals surface area contributed by atoms with Gasteiger partial charge in [-0.2, -0.15) is 0 Å². The third kappa shape index (κ3) is 3.86. The number of carbonyl (C=O) groups is 1. The molecule has 1 N–H and O–H groups in total. The summed E-state index contributed by atoms with van der Waals surface area (Å²) >= 11 is 0. The Morgan fingerprint density at radius 3 is 2.54 bits per heavy atom. The van der Waals surface area contributed by atoms with Crippen molar-refractivity contribution in [3.8, 4) is 5.75 Å². The van der Waals surface area contributed by atoms with Crippen molar-refractivity contribution < 1.29 is 9.53 Å². The van der Waals surface area contributed by atoms with Crippen LogP contribution in [-0.2, 0) is 4.79 Å². The van der Waals surface area contributed by atoms with Crippen LogP contribution in [0.1, 0.15) is 0 Å². The molecule has 144 valence electrons. The van der Waals surface area contributed by atoms with Crippen LogP contribution in [0.3, 0.4) is 0 Å². The van der Waals surface area contributed by atoms with Crippen molar-refractivity contribution in [3.05, 3.63) is 60.8 Å². The summed E-state index contributed by atoms with van der Waals surface area (Å²) in [4.78, 5) is 21.3. The number of piperazine rings is 1. The van der Waals surface area contributed by atoms with Gasteiger partial charge in [0.05, 0.1) is 24.9 Å². The highest BCUT2D eigenvalue weighted by Crippen LogP contribution is 2.22. The quantitative estimate of drug-likeness (QED) is 0.742. The number of amides is 1. The van der Waals surface area contributed by atoms with E-state index in [1.165, 1.54) is 0 Å². The van der Waals surface area contributed by atoms with E-state index in [9.17, 15) is 4.79 Å². The molecule has 3 aromatic rings. The van der Waals surface area contributed by atoms with Gasteiger partial charge < -0.3 is 19.9 Å². The number of hydrogen-bond acceptors (Lipinski definition) is 5. The largest absolute Gasteiger partial charge is 0.497 e. The first-order valence-electron chi connectivity index (χ1n) is 9.49. The van der Waals surface area contributed by atoms with Gasteiger partial charge in [0.2, 0.25) is 5.91 Å². The fourth-order valence-electron chi connectivity index (χ4n) is 3.54. The minimum atomic E-state index is 0.113. The summed E-state index contributed by atoms with van der Waals surface area (Å²) in [6, 6.07) is 18.0. The molecule has 4 rings (SSSR count). The molecule has 1 saturated heterocycles. The standard InChI is InChI=1S/C22H24N4O2/c1-28-19-9-7-18(8-10-19)25-12-14-26(15-13-25)21(27)16-24-20-6-2-4-17-5-3-11-23-22(17)20/h2-11,24H,12-16H2,1H3. The monoisotopic (exact) mass is 376 g/mol. The van der Waals surface area contributed by atoms with Crippen molar-refractivity contribution >= 4 is 28.2 Å². The van der Waals surface area contributed by atoms with Gasteiger partial charge in [-0.1, -0.05) is 18.2 Å². The Labute approximate surface area is 164 Å². The summed E-state index contributed by atoms with van der Waals surface area (Å²) in [7, 11) is 1.67. The maximum Gasteiger partial charge on any atom is 0.241 e. The zero-order valence-corrected chi connectivity index (χ0v) is 16.0. The number of ether oxygens (including phenoxy) is 1. The Hall–Kier alpha value is -3.28. The fourth-order valence-corrected chi connectivity index (χ4v) is 3.54. The predicted octanol–water partition coefficient (Wildman–Crippen LogP) is 3.00. The van der Waals surface area contributed by atoms with Crippen LogP contribution in [0.25, 0.3) is 10.9 Å². The van der Waals surface area contributed by atoms with Crippen molar-refractivity contribution in [2.75, 3.05) is 50.1 Å². The van der Waals surface area contributed by atoms with E-state index in [1.54, 1.807) is 13.3 Å². The van der Waals surface area contributed by atoms with Gasteiger partial charge in [-0.15, -0.1) is 0 Å². The number of benzene rings is 2. The van der Waals surface area contributed by atoms with Gasteiger partial charge in [0.25, 0.3) is 0 Å². The minimum Gasteiger partial charge on any atom is -0.497 e. The summed E-state index contributed by atoms with van der Waals surface area (Å²) in [6.07, 6.45) is 1.77. The lowest BCUT2D eigenvalue weighted by Crippen LogP contribution is -2.50. The number of nitrogens with one attached hydrogen (secondary N) is 1. The van der Waals surface area contributed by atoms with E-state index < -0.39 is 0 Å². The third-order valence-corrected chi connectivity index (χ3v) is 5.13. The number of hydrogen-bond donors (Lipinski definition) is 1. The van der Waals surface area contributed by atoms with Crippen molar-refractivity contribution in [1.82, 2.24) is 9.88 Å². The van der Waals surface area contributed by atoms with Crippen molar-refractivity contribution in [1.29, 1.82) is 0 Å². The average molecular weight is 376 g/mol. The third-order valence-electron chi connectivity index (χ3n) is 5.13. The highest BCUT2D eigenvalue weighted by atomic mass is 16.5. The van der Waals surface area contributed by atoms with E-state index >= 15 is 0 Å². The smallest absolute Gasteiger partial charge is 0.241 e. The number of fused-ring (bicyclic) bond motifs is 1. The van der Waals surface area contributed by atoms with Crippen LogP contribution in [-0.4, -0.2) is 55.6 Å². The molecule has 1 amide bonds. The molecule has 0 spiro atoms. The molecule has 0 aliphatic carbocycles. The van der Waals surface area contributed by atoms with Crippen LogP contribution in [0.5, 0.6) is 5.75 Å². The Morgan fingerprint density at radius 2 is 1.79 bits per heavy atom. The zero-order valence-electron chi connectivity index (χ0n) is 16.0. The fraction of sp³-hybridized carbons (Fsp3) is 0.273. The van der Waals surface area contributed by atoms with Crippen molar-refractivity contribution in [3.63, 3.8) is 0 Å². The molecule has 28 heavy (non-hydrogen) atoms. The van der Waals surface area contributed by atoms with Gasteiger partial charge in [0, 0.05) is 43.4 Å². The number of aromatic nitrogens is 1. The maximum atomic E-state index is 12.6. The molecule has 2 aromatic carbocycles.